The second-order valence-electron chi connectivity index (χ2n) is 4.90. The number of nitriles is 1. The number of amides is 1. The lowest BCUT2D eigenvalue weighted by Gasteiger charge is -2.22. The second kappa shape index (κ2) is 9.43. The van der Waals surface area contributed by atoms with Gasteiger partial charge in [0.05, 0.1) is 23.8 Å². The molecule has 114 valence electrons. The molecule has 2 unspecified atom stereocenters. The highest BCUT2D eigenvalue weighted by Crippen LogP contribution is 2.18. The summed E-state index contributed by atoms with van der Waals surface area (Å²) < 4.78 is 0. The minimum atomic E-state index is -0.558. The van der Waals surface area contributed by atoms with Crippen molar-refractivity contribution < 1.29 is 9.90 Å². The maximum atomic E-state index is 12.1. The Bertz CT molecular complexity index is 473. The van der Waals surface area contributed by atoms with Crippen LogP contribution in [0.2, 0.25) is 0 Å². The Balaban J connectivity index is 2.37. The Morgan fingerprint density at radius 2 is 2.10 bits per heavy atom. The van der Waals surface area contributed by atoms with Crippen molar-refractivity contribution in [2.75, 3.05) is 24.6 Å². The first-order chi connectivity index (χ1) is 10.1. The molecule has 0 aliphatic carbocycles. The number of rotatable bonds is 8. The number of benzene rings is 1. The summed E-state index contributed by atoms with van der Waals surface area (Å²) >= 11 is 1.42. The molecule has 1 N–H and O–H groups in total. The van der Waals surface area contributed by atoms with E-state index in [-0.39, 0.29) is 11.8 Å². The molecular weight excluding hydrogens is 284 g/mol. The van der Waals surface area contributed by atoms with Crippen LogP contribution in [0.3, 0.4) is 0 Å². The molecule has 0 fully saturated rings. The maximum absolute atomic E-state index is 12.1. The third-order valence-corrected chi connectivity index (χ3v) is 4.14. The minimum Gasteiger partial charge on any atom is -0.388 e. The maximum Gasteiger partial charge on any atom is 0.232 e. The van der Waals surface area contributed by atoms with Crippen LogP contribution in [0.1, 0.15) is 25.5 Å². The summed E-state index contributed by atoms with van der Waals surface area (Å²) in [6.45, 7) is 4.79. The number of carbonyl (C=O) groups excluding carboxylic acids is 1. The predicted octanol–water partition coefficient (Wildman–Crippen LogP) is 2.46. The van der Waals surface area contributed by atoms with E-state index in [1.54, 1.807) is 4.90 Å². The van der Waals surface area contributed by atoms with Crippen molar-refractivity contribution in [1.29, 1.82) is 5.26 Å². The molecule has 1 aromatic carbocycles. The highest BCUT2D eigenvalue weighted by molar-refractivity contribution is 7.99. The molecular formula is C16H22N2O2S. The van der Waals surface area contributed by atoms with E-state index < -0.39 is 6.10 Å². The van der Waals surface area contributed by atoms with E-state index in [0.717, 1.165) is 5.56 Å². The summed E-state index contributed by atoms with van der Waals surface area (Å²) in [5, 5.41) is 18.8. The molecule has 1 amide bonds. The zero-order valence-corrected chi connectivity index (χ0v) is 13.3. The zero-order valence-electron chi connectivity index (χ0n) is 12.5. The molecule has 0 aromatic heterocycles. The second-order valence-corrected chi connectivity index (χ2v) is 5.93. The Kier molecular flexibility index (Phi) is 7.88. The number of carbonyl (C=O) groups is 1. The molecule has 1 rings (SSSR count). The van der Waals surface area contributed by atoms with Crippen LogP contribution >= 0.6 is 11.8 Å². The van der Waals surface area contributed by atoms with E-state index in [2.05, 4.69) is 6.07 Å². The molecule has 0 aliphatic rings. The molecule has 0 bridgehead atoms. The van der Waals surface area contributed by atoms with Gasteiger partial charge in [0.25, 0.3) is 0 Å². The van der Waals surface area contributed by atoms with Crippen molar-refractivity contribution in [1.82, 2.24) is 4.90 Å². The largest absolute Gasteiger partial charge is 0.388 e. The van der Waals surface area contributed by atoms with E-state index in [0.29, 0.717) is 24.6 Å². The third-order valence-electron chi connectivity index (χ3n) is 3.13. The quantitative estimate of drug-likeness (QED) is 0.801. The van der Waals surface area contributed by atoms with Gasteiger partial charge in [-0.1, -0.05) is 30.3 Å². The number of nitrogens with zero attached hydrogens (tertiary/aromatic N) is 2. The van der Waals surface area contributed by atoms with Crippen LogP contribution in [-0.4, -0.2) is 40.5 Å². The molecule has 4 nitrogen and oxygen atoms in total. The van der Waals surface area contributed by atoms with Crippen LogP contribution in [0.5, 0.6) is 0 Å². The fourth-order valence-corrected chi connectivity index (χ4v) is 2.79. The van der Waals surface area contributed by atoms with Gasteiger partial charge in [-0.05, 0) is 19.4 Å². The van der Waals surface area contributed by atoms with Crippen molar-refractivity contribution in [3.63, 3.8) is 0 Å². The van der Waals surface area contributed by atoms with Crippen molar-refractivity contribution in [2.45, 2.75) is 20.0 Å². The number of aliphatic hydroxyl groups excluding tert-OH is 1. The zero-order chi connectivity index (χ0) is 15.7. The SMILES string of the molecule is CCN(CC(C)C#N)C(=O)CSCC(O)c1ccccc1. The van der Waals surface area contributed by atoms with Gasteiger partial charge in [0.2, 0.25) is 5.91 Å². The van der Waals surface area contributed by atoms with Crippen molar-refractivity contribution in [3.05, 3.63) is 35.9 Å². The molecule has 21 heavy (non-hydrogen) atoms. The Morgan fingerprint density at radius 1 is 1.43 bits per heavy atom. The standard InChI is InChI=1S/C16H22N2O2S/c1-3-18(10-13(2)9-17)16(20)12-21-11-15(19)14-7-5-4-6-8-14/h4-8,13,15,19H,3,10-12H2,1-2H3. The van der Waals surface area contributed by atoms with Crippen LogP contribution in [0.25, 0.3) is 0 Å². The molecule has 1 aromatic rings. The van der Waals surface area contributed by atoms with Crippen molar-refractivity contribution in [3.8, 4) is 6.07 Å². The van der Waals surface area contributed by atoms with Gasteiger partial charge in [-0.25, -0.2) is 0 Å². The van der Waals surface area contributed by atoms with Crippen molar-refractivity contribution >= 4 is 17.7 Å². The van der Waals surface area contributed by atoms with E-state index >= 15 is 0 Å². The van der Waals surface area contributed by atoms with E-state index in [1.165, 1.54) is 11.8 Å². The lowest BCUT2D eigenvalue weighted by Crippen LogP contribution is -2.35. The fourth-order valence-electron chi connectivity index (χ4n) is 1.90. The summed E-state index contributed by atoms with van der Waals surface area (Å²) in [7, 11) is 0. The first-order valence-corrected chi connectivity index (χ1v) is 8.22. The number of thioether (sulfide) groups is 1. The van der Waals surface area contributed by atoms with Gasteiger partial charge in [-0.3, -0.25) is 4.79 Å². The molecule has 0 radical (unpaired) electrons. The average molecular weight is 306 g/mol. The van der Waals surface area contributed by atoms with Crippen LogP contribution in [0, 0.1) is 17.2 Å². The molecule has 0 aliphatic heterocycles. The van der Waals surface area contributed by atoms with Gasteiger partial charge in [0.1, 0.15) is 0 Å². The van der Waals surface area contributed by atoms with Gasteiger partial charge in [-0.2, -0.15) is 5.26 Å². The van der Waals surface area contributed by atoms with E-state index in [1.807, 2.05) is 44.2 Å². The summed E-state index contributed by atoms with van der Waals surface area (Å²) in [5.41, 5.74) is 0.864. The van der Waals surface area contributed by atoms with Gasteiger partial charge in [0.15, 0.2) is 0 Å². The number of aliphatic hydroxyl groups is 1. The lowest BCUT2D eigenvalue weighted by atomic mass is 10.1. The van der Waals surface area contributed by atoms with Gasteiger partial charge in [-0.15, -0.1) is 11.8 Å². The van der Waals surface area contributed by atoms with Gasteiger partial charge < -0.3 is 10.0 Å². The average Bonchev–Trinajstić information content (AvgIpc) is 2.52. The molecule has 0 spiro atoms. The Morgan fingerprint density at radius 3 is 2.67 bits per heavy atom. The molecule has 0 saturated heterocycles. The van der Waals surface area contributed by atoms with Crippen LogP contribution in [0.15, 0.2) is 30.3 Å². The molecule has 5 heteroatoms. The molecule has 0 heterocycles. The highest BCUT2D eigenvalue weighted by Gasteiger charge is 2.15. The summed E-state index contributed by atoms with van der Waals surface area (Å²) in [6, 6.07) is 11.6. The van der Waals surface area contributed by atoms with Gasteiger partial charge in [0, 0.05) is 18.8 Å². The predicted molar refractivity (Wildman–Crippen MR) is 85.8 cm³/mol. The summed E-state index contributed by atoms with van der Waals surface area (Å²) in [4.78, 5) is 13.7. The van der Waals surface area contributed by atoms with Crippen LogP contribution in [0.4, 0.5) is 0 Å². The topological polar surface area (TPSA) is 64.3 Å². The monoisotopic (exact) mass is 306 g/mol. The normalized spacial score (nSPS) is 13.2. The smallest absolute Gasteiger partial charge is 0.232 e. The Labute approximate surface area is 130 Å². The van der Waals surface area contributed by atoms with Crippen molar-refractivity contribution in [2.24, 2.45) is 5.92 Å². The van der Waals surface area contributed by atoms with Gasteiger partial charge >= 0.3 is 0 Å². The van der Waals surface area contributed by atoms with E-state index in [9.17, 15) is 9.90 Å². The lowest BCUT2D eigenvalue weighted by molar-refractivity contribution is -0.128. The van der Waals surface area contributed by atoms with Crippen LogP contribution in [-0.2, 0) is 4.79 Å². The fraction of sp³-hybridized carbons (Fsp3) is 0.500. The summed E-state index contributed by atoms with van der Waals surface area (Å²) in [6.07, 6.45) is -0.558. The minimum absolute atomic E-state index is 0.0184. The first kappa shape index (κ1) is 17.5. The molecule has 2 atom stereocenters. The van der Waals surface area contributed by atoms with Crippen LogP contribution < -0.4 is 0 Å². The number of hydrogen-bond donors (Lipinski definition) is 1. The first-order valence-electron chi connectivity index (χ1n) is 7.06. The number of hydrogen-bond acceptors (Lipinski definition) is 4. The molecule has 0 saturated carbocycles. The third kappa shape index (κ3) is 6.19. The van der Waals surface area contributed by atoms with E-state index in [4.69, 9.17) is 5.26 Å². The highest BCUT2D eigenvalue weighted by atomic mass is 32.2. The summed E-state index contributed by atoms with van der Waals surface area (Å²) in [5.74, 6) is 0.676. The Hall–Kier alpha value is -1.51.